The van der Waals surface area contributed by atoms with E-state index in [9.17, 15) is 4.79 Å². The molecule has 188 valence electrons. The van der Waals surface area contributed by atoms with Crippen LogP contribution in [0, 0.1) is 6.92 Å². The number of ether oxygens (including phenoxy) is 1. The van der Waals surface area contributed by atoms with Crippen LogP contribution in [0.5, 0.6) is 5.75 Å². The van der Waals surface area contributed by atoms with E-state index in [1.54, 1.807) is 29.4 Å². The van der Waals surface area contributed by atoms with E-state index in [1.807, 2.05) is 25.1 Å². The summed E-state index contributed by atoms with van der Waals surface area (Å²) >= 11 is 6.48. The summed E-state index contributed by atoms with van der Waals surface area (Å²) in [6, 6.07) is 9.26. The third-order valence-electron chi connectivity index (χ3n) is 5.91. The van der Waals surface area contributed by atoms with E-state index in [1.165, 1.54) is 12.4 Å². The number of carbonyl (C=O) groups excluding carboxylic acids is 1. The minimum atomic E-state index is -0.0606. The number of anilines is 3. The molecule has 11 heteroatoms. The Hall–Kier alpha value is -4.31. The molecule has 3 aromatic heterocycles. The second-order valence-corrected chi connectivity index (χ2v) is 9.02. The van der Waals surface area contributed by atoms with Gasteiger partial charge in [-0.1, -0.05) is 18.2 Å². The fourth-order valence-electron chi connectivity index (χ4n) is 4.01. The molecule has 0 bridgehead atoms. The molecule has 37 heavy (non-hydrogen) atoms. The number of nitrogens with zero attached hydrogens (tertiary/aromatic N) is 6. The molecule has 4 heterocycles. The Kier molecular flexibility index (Phi) is 7.09. The second kappa shape index (κ2) is 10.8. The Morgan fingerprint density at radius 3 is 2.89 bits per heavy atom. The van der Waals surface area contributed by atoms with Crippen molar-refractivity contribution >= 4 is 45.9 Å². The predicted octanol–water partition coefficient (Wildman–Crippen LogP) is 4.30. The monoisotopic (exact) mass is 516 g/mol. The summed E-state index contributed by atoms with van der Waals surface area (Å²) in [5, 5.41) is 7.13. The summed E-state index contributed by atoms with van der Waals surface area (Å²) in [6.45, 7) is 6.99. The Labute approximate surface area is 218 Å². The molecule has 4 aromatic rings. The van der Waals surface area contributed by atoms with Gasteiger partial charge in [-0.25, -0.2) is 15.0 Å². The molecule has 1 aliphatic heterocycles. The molecule has 1 amide bonds. The van der Waals surface area contributed by atoms with Gasteiger partial charge in [0.2, 0.25) is 5.91 Å². The Bertz CT molecular complexity index is 1450. The predicted molar refractivity (Wildman–Crippen MR) is 142 cm³/mol. The third kappa shape index (κ3) is 5.75. The lowest BCUT2D eigenvalue weighted by Crippen LogP contribution is -2.30. The first kappa shape index (κ1) is 24.4. The maximum atomic E-state index is 11.9. The standard InChI is InChI=1S/C26H25ClN8O2/c1-3-24(36)35-9-8-18(13-35)32-23-7-5-21-25(34-23)26(31-15-30-21)33-17-4-6-22(20(27)10-17)37-14-19-12-28-16(2)11-29-19/h3-7,10-12,15,18H,1,8-9,13-14H2,2H3,(H,32,34)(H,30,31,33)/t18-/m0/s1. The first-order chi connectivity index (χ1) is 18.0. The van der Waals surface area contributed by atoms with E-state index in [0.717, 1.165) is 17.8 Å². The van der Waals surface area contributed by atoms with Gasteiger partial charge in [0.15, 0.2) is 5.82 Å². The van der Waals surface area contributed by atoms with Gasteiger partial charge in [0.05, 0.1) is 28.1 Å². The largest absolute Gasteiger partial charge is 0.486 e. The minimum Gasteiger partial charge on any atom is -0.486 e. The smallest absolute Gasteiger partial charge is 0.246 e. The highest BCUT2D eigenvalue weighted by molar-refractivity contribution is 6.32. The number of hydrogen-bond donors (Lipinski definition) is 2. The van der Waals surface area contributed by atoms with Gasteiger partial charge in [-0.15, -0.1) is 0 Å². The van der Waals surface area contributed by atoms with Crippen LogP contribution in [0.3, 0.4) is 0 Å². The summed E-state index contributed by atoms with van der Waals surface area (Å²) in [4.78, 5) is 35.6. The molecule has 0 radical (unpaired) electrons. The number of halogens is 1. The van der Waals surface area contributed by atoms with Gasteiger partial charge in [-0.2, -0.15) is 0 Å². The summed E-state index contributed by atoms with van der Waals surface area (Å²) < 4.78 is 5.81. The number of aryl methyl sites for hydroxylation is 1. The molecular weight excluding hydrogens is 492 g/mol. The SMILES string of the molecule is C=CC(=O)N1CC[C@H](Nc2ccc3ncnc(Nc4ccc(OCc5cnc(C)cn5)c(Cl)c4)c3n2)C1. The van der Waals surface area contributed by atoms with Crippen LogP contribution < -0.4 is 15.4 Å². The molecule has 0 aliphatic carbocycles. The third-order valence-corrected chi connectivity index (χ3v) is 6.21. The van der Waals surface area contributed by atoms with Crippen LogP contribution in [0.2, 0.25) is 5.02 Å². The molecule has 1 aromatic carbocycles. The summed E-state index contributed by atoms with van der Waals surface area (Å²) in [7, 11) is 0. The minimum absolute atomic E-state index is 0.0606. The zero-order valence-corrected chi connectivity index (χ0v) is 20.9. The molecule has 1 saturated heterocycles. The zero-order chi connectivity index (χ0) is 25.8. The lowest BCUT2D eigenvalue weighted by molar-refractivity contribution is -0.125. The van der Waals surface area contributed by atoms with Crippen LogP contribution in [0.15, 0.2) is 61.7 Å². The van der Waals surface area contributed by atoms with Crippen molar-refractivity contribution in [2.24, 2.45) is 0 Å². The van der Waals surface area contributed by atoms with Crippen LogP contribution in [-0.2, 0) is 11.4 Å². The molecule has 2 N–H and O–H groups in total. The number of rotatable bonds is 8. The van der Waals surface area contributed by atoms with Crippen molar-refractivity contribution < 1.29 is 9.53 Å². The molecule has 5 rings (SSSR count). The van der Waals surface area contributed by atoms with Crippen molar-refractivity contribution in [3.63, 3.8) is 0 Å². The van der Waals surface area contributed by atoms with Crippen LogP contribution in [0.4, 0.5) is 17.3 Å². The van der Waals surface area contributed by atoms with Crippen molar-refractivity contribution in [3.05, 3.63) is 78.1 Å². The molecule has 0 spiro atoms. The first-order valence-corrected chi connectivity index (χ1v) is 12.1. The number of hydrogen-bond acceptors (Lipinski definition) is 9. The number of likely N-dealkylation sites (tertiary alicyclic amines) is 1. The Morgan fingerprint density at radius 1 is 1.22 bits per heavy atom. The molecule has 0 saturated carbocycles. The highest BCUT2D eigenvalue weighted by atomic mass is 35.5. The van der Waals surface area contributed by atoms with Gasteiger partial charge in [0, 0.05) is 31.0 Å². The summed E-state index contributed by atoms with van der Waals surface area (Å²) in [5.41, 5.74) is 3.59. The zero-order valence-electron chi connectivity index (χ0n) is 20.2. The van der Waals surface area contributed by atoms with E-state index < -0.39 is 0 Å². The number of nitrogens with one attached hydrogen (secondary N) is 2. The molecule has 1 aliphatic rings. The maximum absolute atomic E-state index is 11.9. The average Bonchev–Trinajstić information content (AvgIpc) is 3.37. The molecule has 10 nitrogen and oxygen atoms in total. The summed E-state index contributed by atoms with van der Waals surface area (Å²) in [5.74, 6) is 1.70. The number of aromatic nitrogens is 5. The van der Waals surface area contributed by atoms with Crippen LogP contribution in [-0.4, -0.2) is 54.9 Å². The molecule has 0 unspecified atom stereocenters. The number of fused-ring (bicyclic) bond motifs is 1. The fourth-order valence-corrected chi connectivity index (χ4v) is 4.24. The van der Waals surface area contributed by atoms with E-state index in [4.69, 9.17) is 21.3 Å². The van der Waals surface area contributed by atoms with Crippen LogP contribution >= 0.6 is 11.6 Å². The van der Waals surface area contributed by atoms with E-state index in [-0.39, 0.29) is 18.6 Å². The maximum Gasteiger partial charge on any atom is 0.246 e. The van der Waals surface area contributed by atoms with Gasteiger partial charge >= 0.3 is 0 Å². The topological polar surface area (TPSA) is 118 Å². The Morgan fingerprint density at radius 2 is 2.11 bits per heavy atom. The lowest BCUT2D eigenvalue weighted by Gasteiger charge is -2.16. The number of benzene rings is 1. The van der Waals surface area contributed by atoms with Crippen LogP contribution in [0.25, 0.3) is 11.0 Å². The normalized spacial score (nSPS) is 15.0. The van der Waals surface area contributed by atoms with Gasteiger partial charge in [0.1, 0.15) is 30.0 Å². The second-order valence-electron chi connectivity index (χ2n) is 8.61. The van der Waals surface area contributed by atoms with Crippen molar-refractivity contribution in [3.8, 4) is 5.75 Å². The van der Waals surface area contributed by atoms with Gasteiger partial charge in [-0.3, -0.25) is 14.8 Å². The van der Waals surface area contributed by atoms with Gasteiger partial charge in [0.25, 0.3) is 0 Å². The summed E-state index contributed by atoms with van der Waals surface area (Å²) in [6.07, 6.45) is 7.03. The number of carbonyl (C=O) groups is 1. The van der Waals surface area contributed by atoms with Crippen LogP contribution in [0.1, 0.15) is 17.8 Å². The lowest BCUT2D eigenvalue weighted by atomic mass is 10.2. The fraction of sp³-hybridized carbons (Fsp3) is 0.231. The molecular formula is C26H25ClN8O2. The number of pyridine rings is 1. The van der Waals surface area contributed by atoms with Gasteiger partial charge in [-0.05, 0) is 49.8 Å². The van der Waals surface area contributed by atoms with Crippen molar-refractivity contribution in [2.75, 3.05) is 23.7 Å². The molecule has 1 fully saturated rings. The highest BCUT2D eigenvalue weighted by Gasteiger charge is 2.25. The average molecular weight is 517 g/mol. The van der Waals surface area contributed by atoms with Crippen molar-refractivity contribution in [1.29, 1.82) is 0 Å². The van der Waals surface area contributed by atoms with Crippen molar-refractivity contribution in [2.45, 2.75) is 26.0 Å². The Balaban J connectivity index is 1.29. The quantitative estimate of drug-likeness (QED) is 0.330. The molecule has 1 atom stereocenters. The number of amides is 1. The van der Waals surface area contributed by atoms with E-state index >= 15 is 0 Å². The van der Waals surface area contributed by atoms with E-state index in [0.29, 0.717) is 52.2 Å². The van der Waals surface area contributed by atoms with E-state index in [2.05, 4.69) is 37.1 Å². The van der Waals surface area contributed by atoms with Gasteiger partial charge < -0.3 is 20.3 Å². The van der Waals surface area contributed by atoms with Crippen molar-refractivity contribution in [1.82, 2.24) is 29.8 Å². The first-order valence-electron chi connectivity index (χ1n) is 11.7. The highest BCUT2D eigenvalue weighted by Crippen LogP contribution is 2.31.